The fourth-order valence-corrected chi connectivity index (χ4v) is 5.21. The normalized spacial score (nSPS) is 21.8. The second kappa shape index (κ2) is 4.92. The molecular weight excluding hydrogens is 304 g/mol. The Morgan fingerprint density at radius 3 is 3.00 bits per heavy atom. The van der Waals surface area contributed by atoms with Gasteiger partial charge in [-0.1, -0.05) is 29.0 Å². The number of thiazole rings is 1. The predicted octanol–water partition coefficient (Wildman–Crippen LogP) is 2.94. The molecule has 1 saturated heterocycles. The number of hydrogen-bond donors (Lipinski definition) is 1. The second-order valence-electron chi connectivity index (χ2n) is 4.62. The lowest BCUT2D eigenvalue weighted by Gasteiger charge is -2.09. The standard InChI is InChI=1S/C12H13ClN2O2S2/c13-9-4-1-5-10-11(9)18-12(15-10)14-7-8-3-2-6-19(8,16)17/h1,4-5,8H,2-3,6-7H2,(H,14,15). The average Bonchev–Trinajstić information content (AvgIpc) is 2.90. The number of aromatic nitrogens is 1. The first-order chi connectivity index (χ1) is 9.06. The maximum absolute atomic E-state index is 11.7. The van der Waals surface area contributed by atoms with Crippen LogP contribution in [0.4, 0.5) is 5.13 Å². The van der Waals surface area contributed by atoms with Gasteiger partial charge in [-0.15, -0.1) is 0 Å². The number of fused-ring (bicyclic) bond motifs is 1. The molecule has 2 aromatic rings. The molecule has 19 heavy (non-hydrogen) atoms. The first-order valence-electron chi connectivity index (χ1n) is 6.07. The fraction of sp³-hybridized carbons (Fsp3) is 0.417. The van der Waals surface area contributed by atoms with E-state index in [2.05, 4.69) is 10.3 Å². The van der Waals surface area contributed by atoms with Gasteiger partial charge < -0.3 is 5.32 Å². The molecule has 1 atom stereocenters. The van der Waals surface area contributed by atoms with Crippen molar-refractivity contribution < 1.29 is 8.42 Å². The molecule has 1 unspecified atom stereocenters. The van der Waals surface area contributed by atoms with Crippen molar-refractivity contribution in [1.82, 2.24) is 4.98 Å². The molecule has 0 amide bonds. The molecule has 1 fully saturated rings. The van der Waals surface area contributed by atoms with E-state index >= 15 is 0 Å². The summed E-state index contributed by atoms with van der Waals surface area (Å²) in [6.07, 6.45) is 1.50. The van der Waals surface area contributed by atoms with Gasteiger partial charge >= 0.3 is 0 Å². The molecule has 0 saturated carbocycles. The molecule has 102 valence electrons. The highest BCUT2D eigenvalue weighted by molar-refractivity contribution is 7.92. The first kappa shape index (κ1) is 13.1. The molecular formula is C12H13ClN2O2S2. The Labute approximate surface area is 120 Å². The highest BCUT2D eigenvalue weighted by atomic mass is 35.5. The Bertz CT molecular complexity index is 712. The Morgan fingerprint density at radius 2 is 2.32 bits per heavy atom. The number of halogens is 1. The van der Waals surface area contributed by atoms with Gasteiger partial charge in [0.05, 0.1) is 26.2 Å². The minimum Gasteiger partial charge on any atom is -0.360 e. The largest absolute Gasteiger partial charge is 0.360 e. The monoisotopic (exact) mass is 316 g/mol. The number of nitrogens with zero attached hydrogens (tertiary/aromatic N) is 1. The minimum atomic E-state index is -2.91. The van der Waals surface area contributed by atoms with Crippen molar-refractivity contribution >= 4 is 48.1 Å². The van der Waals surface area contributed by atoms with Gasteiger partial charge in [0.15, 0.2) is 15.0 Å². The predicted molar refractivity (Wildman–Crippen MR) is 79.9 cm³/mol. The SMILES string of the molecule is O=S1(=O)CCCC1CNc1nc2cccc(Cl)c2s1. The number of benzene rings is 1. The van der Waals surface area contributed by atoms with Crippen LogP contribution < -0.4 is 5.32 Å². The summed E-state index contributed by atoms with van der Waals surface area (Å²) in [5.74, 6) is 0.311. The highest BCUT2D eigenvalue weighted by Crippen LogP contribution is 2.32. The van der Waals surface area contributed by atoms with E-state index in [-0.39, 0.29) is 5.25 Å². The van der Waals surface area contributed by atoms with Gasteiger partial charge in [-0.2, -0.15) is 0 Å². The molecule has 4 nitrogen and oxygen atoms in total. The van der Waals surface area contributed by atoms with Crippen molar-refractivity contribution in [2.45, 2.75) is 18.1 Å². The topological polar surface area (TPSA) is 59.1 Å². The van der Waals surface area contributed by atoms with Crippen molar-refractivity contribution in [2.75, 3.05) is 17.6 Å². The molecule has 0 radical (unpaired) electrons. The van der Waals surface area contributed by atoms with E-state index < -0.39 is 9.84 Å². The van der Waals surface area contributed by atoms with E-state index in [9.17, 15) is 8.42 Å². The highest BCUT2D eigenvalue weighted by Gasteiger charge is 2.31. The third-order valence-corrected chi connectivity index (χ3v) is 7.08. The van der Waals surface area contributed by atoms with Crippen LogP contribution >= 0.6 is 22.9 Å². The number of nitrogens with one attached hydrogen (secondary N) is 1. The van der Waals surface area contributed by atoms with Crippen LogP contribution in [0.3, 0.4) is 0 Å². The van der Waals surface area contributed by atoms with E-state index in [0.29, 0.717) is 17.3 Å². The molecule has 1 aliphatic heterocycles. The van der Waals surface area contributed by atoms with Crippen LogP contribution in [-0.4, -0.2) is 30.9 Å². The summed E-state index contributed by atoms with van der Waals surface area (Å²) >= 11 is 7.55. The van der Waals surface area contributed by atoms with Crippen LogP contribution in [0, 0.1) is 0 Å². The Kier molecular flexibility index (Phi) is 3.41. The lowest BCUT2D eigenvalue weighted by molar-refractivity contribution is 0.591. The van der Waals surface area contributed by atoms with Gasteiger partial charge in [0.2, 0.25) is 0 Å². The van der Waals surface area contributed by atoms with Crippen molar-refractivity contribution in [3.05, 3.63) is 23.2 Å². The van der Waals surface area contributed by atoms with E-state index in [1.165, 1.54) is 11.3 Å². The summed E-state index contributed by atoms with van der Waals surface area (Å²) in [4.78, 5) is 4.41. The van der Waals surface area contributed by atoms with Crippen LogP contribution in [0.15, 0.2) is 18.2 Å². The maximum Gasteiger partial charge on any atom is 0.183 e. The zero-order valence-electron chi connectivity index (χ0n) is 10.1. The summed E-state index contributed by atoms with van der Waals surface area (Å²) in [5.41, 5.74) is 0.842. The third-order valence-electron chi connectivity index (χ3n) is 3.31. The van der Waals surface area contributed by atoms with E-state index in [4.69, 9.17) is 11.6 Å². The smallest absolute Gasteiger partial charge is 0.183 e. The van der Waals surface area contributed by atoms with Crippen LogP contribution in [-0.2, 0) is 9.84 Å². The van der Waals surface area contributed by atoms with Gasteiger partial charge in [0, 0.05) is 6.54 Å². The number of rotatable bonds is 3. The molecule has 2 heterocycles. The summed E-state index contributed by atoms with van der Waals surface area (Å²) in [7, 11) is -2.91. The van der Waals surface area contributed by atoms with E-state index in [1.807, 2.05) is 18.2 Å². The van der Waals surface area contributed by atoms with E-state index in [0.717, 1.165) is 28.2 Å². The lowest BCUT2D eigenvalue weighted by atomic mass is 10.2. The molecule has 1 aromatic heterocycles. The second-order valence-corrected chi connectivity index (χ2v) is 8.43. The molecule has 0 spiro atoms. The van der Waals surface area contributed by atoms with Crippen LogP contribution in [0.2, 0.25) is 5.02 Å². The van der Waals surface area contributed by atoms with Crippen molar-refractivity contribution in [1.29, 1.82) is 0 Å². The summed E-state index contributed by atoms with van der Waals surface area (Å²) in [6.45, 7) is 0.430. The number of sulfone groups is 1. The van der Waals surface area contributed by atoms with Crippen molar-refractivity contribution in [2.24, 2.45) is 0 Å². The van der Waals surface area contributed by atoms with Crippen LogP contribution in [0.1, 0.15) is 12.8 Å². The van der Waals surface area contributed by atoms with Crippen LogP contribution in [0.25, 0.3) is 10.2 Å². The van der Waals surface area contributed by atoms with Crippen molar-refractivity contribution in [3.8, 4) is 0 Å². The third kappa shape index (κ3) is 2.57. The Morgan fingerprint density at radius 1 is 1.47 bits per heavy atom. The average molecular weight is 317 g/mol. The minimum absolute atomic E-state index is 0.282. The molecule has 3 rings (SSSR count). The molecule has 1 aromatic carbocycles. The van der Waals surface area contributed by atoms with Gasteiger partial charge in [-0.05, 0) is 25.0 Å². The Balaban J connectivity index is 1.77. The van der Waals surface area contributed by atoms with Crippen LogP contribution in [0.5, 0.6) is 0 Å². The number of hydrogen-bond acceptors (Lipinski definition) is 5. The Hall–Kier alpha value is -0.850. The van der Waals surface area contributed by atoms with Gasteiger partial charge in [0.25, 0.3) is 0 Å². The molecule has 0 aliphatic carbocycles. The zero-order valence-corrected chi connectivity index (χ0v) is 12.5. The summed E-state index contributed by atoms with van der Waals surface area (Å²) in [5, 5.41) is 4.25. The van der Waals surface area contributed by atoms with Gasteiger partial charge in [-0.3, -0.25) is 0 Å². The fourth-order valence-electron chi connectivity index (χ4n) is 2.28. The zero-order chi connectivity index (χ0) is 13.5. The molecule has 1 N–H and O–H groups in total. The summed E-state index contributed by atoms with van der Waals surface area (Å²) < 4.78 is 24.4. The van der Waals surface area contributed by atoms with E-state index in [1.54, 1.807) is 0 Å². The molecule has 7 heteroatoms. The van der Waals surface area contributed by atoms with Crippen molar-refractivity contribution in [3.63, 3.8) is 0 Å². The van der Waals surface area contributed by atoms with Gasteiger partial charge in [0.1, 0.15) is 0 Å². The quantitative estimate of drug-likeness (QED) is 0.946. The van der Waals surface area contributed by atoms with Gasteiger partial charge in [-0.25, -0.2) is 13.4 Å². The lowest BCUT2D eigenvalue weighted by Crippen LogP contribution is -2.24. The first-order valence-corrected chi connectivity index (χ1v) is 8.98. The molecule has 0 bridgehead atoms. The number of anilines is 1. The maximum atomic E-state index is 11.7. The summed E-state index contributed by atoms with van der Waals surface area (Å²) in [6, 6.07) is 5.58. The molecule has 1 aliphatic rings.